The van der Waals surface area contributed by atoms with Crippen molar-refractivity contribution in [2.24, 2.45) is 5.10 Å². The number of hydrogen-bond donors (Lipinski definition) is 4. The van der Waals surface area contributed by atoms with Crippen molar-refractivity contribution in [3.8, 4) is 23.0 Å². The number of carbonyl (C=O) groups is 2. The molecule has 0 atom stereocenters. The van der Waals surface area contributed by atoms with Gasteiger partial charge in [0, 0.05) is 17.8 Å². The third kappa shape index (κ3) is 6.40. The molecule has 2 rings (SSSR count). The average Bonchev–Trinajstić information content (AvgIpc) is 2.73. The Morgan fingerprint density at radius 3 is 2.40 bits per heavy atom. The molecule has 4 N–H and O–H groups in total. The number of phenols is 2. The number of benzene rings is 2. The van der Waals surface area contributed by atoms with E-state index in [9.17, 15) is 19.8 Å². The van der Waals surface area contributed by atoms with Gasteiger partial charge in [0.25, 0.3) is 5.91 Å². The van der Waals surface area contributed by atoms with Gasteiger partial charge in [0.05, 0.1) is 20.6 Å². The summed E-state index contributed by atoms with van der Waals surface area (Å²) in [5.41, 5.74) is 3.83. The van der Waals surface area contributed by atoms with Crippen LogP contribution in [-0.2, 0) is 11.2 Å². The predicted molar refractivity (Wildman–Crippen MR) is 111 cm³/mol. The molecule has 0 bridgehead atoms. The molecule has 0 heterocycles. The highest BCUT2D eigenvalue weighted by Gasteiger charge is 2.10. The summed E-state index contributed by atoms with van der Waals surface area (Å²) >= 11 is 0. The molecule has 2 aromatic rings. The third-order valence-electron chi connectivity index (χ3n) is 4.19. The van der Waals surface area contributed by atoms with Crippen LogP contribution in [-0.4, -0.2) is 48.5 Å². The van der Waals surface area contributed by atoms with E-state index in [1.54, 1.807) is 21.1 Å². The van der Waals surface area contributed by atoms with Gasteiger partial charge in [-0.2, -0.15) is 5.10 Å². The number of amides is 2. The number of carbonyl (C=O) groups excluding carboxylic acids is 2. The fraction of sp³-hybridized carbons (Fsp3) is 0.286. The fourth-order valence-corrected chi connectivity index (χ4v) is 2.59. The van der Waals surface area contributed by atoms with Gasteiger partial charge < -0.3 is 25.0 Å². The zero-order chi connectivity index (χ0) is 22.1. The first-order chi connectivity index (χ1) is 14.3. The summed E-state index contributed by atoms with van der Waals surface area (Å²) < 4.78 is 10.5. The summed E-state index contributed by atoms with van der Waals surface area (Å²) in [6.07, 6.45) is 0.635. The Morgan fingerprint density at radius 1 is 1.00 bits per heavy atom. The van der Waals surface area contributed by atoms with Crippen LogP contribution in [0.3, 0.4) is 0 Å². The molecule has 2 aromatic carbocycles. The molecule has 160 valence electrons. The van der Waals surface area contributed by atoms with Gasteiger partial charge in [-0.05, 0) is 49.2 Å². The van der Waals surface area contributed by atoms with Crippen LogP contribution in [0.2, 0.25) is 0 Å². The van der Waals surface area contributed by atoms with Crippen LogP contribution in [0.4, 0.5) is 0 Å². The minimum atomic E-state index is -0.571. The van der Waals surface area contributed by atoms with Crippen LogP contribution in [0.1, 0.15) is 29.3 Å². The first-order valence-electron chi connectivity index (χ1n) is 9.17. The minimum absolute atomic E-state index is 0.0209. The lowest BCUT2D eigenvalue weighted by Gasteiger charge is -2.10. The molecule has 30 heavy (non-hydrogen) atoms. The molecule has 0 aliphatic rings. The average molecular weight is 415 g/mol. The van der Waals surface area contributed by atoms with Crippen LogP contribution in [0.15, 0.2) is 41.5 Å². The quantitative estimate of drug-likeness (QED) is 0.281. The summed E-state index contributed by atoms with van der Waals surface area (Å²) in [6.45, 7) is 2.04. The highest BCUT2D eigenvalue weighted by molar-refractivity contribution is 6.01. The molecule has 0 fully saturated rings. The second-order valence-electron chi connectivity index (χ2n) is 6.46. The second-order valence-corrected chi connectivity index (χ2v) is 6.46. The fourth-order valence-electron chi connectivity index (χ4n) is 2.59. The molecular formula is C21H25N3O6. The number of methoxy groups -OCH3 is 2. The van der Waals surface area contributed by atoms with E-state index >= 15 is 0 Å². The van der Waals surface area contributed by atoms with Crippen molar-refractivity contribution in [3.63, 3.8) is 0 Å². The number of aromatic hydroxyl groups is 2. The van der Waals surface area contributed by atoms with Crippen molar-refractivity contribution in [3.05, 3.63) is 47.5 Å². The zero-order valence-electron chi connectivity index (χ0n) is 17.1. The Morgan fingerprint density at radius 2 is 1.73 bits per heavy atom. The van der Waals surface area contributed by atoms with Gasteiger partial charge >= 0.3 is 0 Å². The smallest absolute Gasteiger partial charge is 0.271 e. The largest absolute Gasteiger partial charge is 0.504 e. The number of nitrogens with zero attached hydrogens (tertiary/aromatic N) is 1. The Kier molecular flexibility index (Phi) is 8.04. The van der Waals surface area contributed by atoms with Crippen LogP contribution in [0.5, 0.6) is 23.0 Å². The normalized spacial score (nSPS) is 11.0. The maximum Gasteiger partial charge on any atom is 0.271 e. The van der Waals surface area contributed by atoms with Crippen molar-refractivity contribution in [1.29, 1.82) is 0 Å². The zero-order valence-corrected chi connectivity index (χ0v) is 17.1. The highest BCUT2D eigenvalue weighted by Crippen LogP contribution is 2.27. The first kappa shape index (κ1) is 22.5. The van der Waals surface area contributed by atoms with Gasteiger partial charge in [0.2, 0.25) is 5.91 Å². The van der Waals surface area contributed by atoms with Gasteiger partial charge in [0.15, 0.2) is 23.0 Å². The van der Waals surface area contributed by atoms with Crippen molar-refractivity contribution in [2.45, 2.75) is 19.8 Å². The Hall–Kier alpha value is -3.75. The highest BCUT2D eigenvalue weighted by atomic mass is 16.5. The molecule has 9 nitrogen and oxygen atoms in total. The van der Waals surface area contributed by atoms with Gasteiger partial charge in [-0.15, -0.1) is 0 Å². The monoisotopic (exact) mass is 415 g/mol. The number of rotatable bonds is 9. The number of ether oxygens (including phenoxy) is 2. The maximum atomic E-state index is 12.1. The predicted octanol–water partition coefficient (Wildman–Crippen LogP) is 1.97. The second kappa shape index (κ2) is 10.7. The SMILES string of the molecule is COc1ccc(CCNC(=O)C/C(C)=N/NC(=O)c2ccc(O)c(O)c2)cc1OC. The first-order valence-corrected chi connectivity index (χ1v) is 9.17. The van der Waals surface area contributed by atoms with Crippen molar-refractivity contribution < 1.29 is 29.3 Å². The Balaban J connectivity index is 1.79. The molecule has 0 aliphatic heterocycles. The summed E-state index contributed by atoms with van der Waals surface area (Å²) in [4.78, 5) is 24.0. The molecule has 0 saturated carbocycles. The summed E-state index contributed by atoms with van der Waals surface area (Å²) in [6, 6.07) is 9.23. The van der Waals surface area contributed by atoms with E-state index in [4.69, 9.17) is 9.47 Å². The number of hydrazone groups is 1. The molecule has 0 saturated heterocycles. The molecule has 2 amide bonds. The van der Waals surface area contributed by atoms with Gasteiger partial charge in [-0.1, -0.05) is 6.07 Å². The van der Waals surface area contributed by atoms with E-state index in [2.05, 4.69) is 15.8 Å². The lowest BCUT2D eigenvalue weighted by atomic mass is 10.1. The molecule has 0 radical (unpaired) electrons. The number of nitrogens with one attached hydrogen (secondary N) is 2. The van der Waals surface area contributed by atoms with Crippen LogP contribution in [0.25, 0.3) is 0 Å². The molecule has 9 heteroatoms. The molecule has 0 unspecified atom stereocenters. The van der Waals surface area contributed by atoms with E-state index in [-0.39, 0.29) is 23.6 Å². The lowest BCUT2D eigenvalue weighted by molar-refractivity contribution is -0.119. The van der Waals surface area contributed by atoms with Crippen molar-refractivity contribution in [2.75, 3.05) is 20.8 Å². The van der Waals surface area contributed by atoms with E-state index in [0.29, 0.717) is 30.2 Å². The third-order valence-corrected chi connectivity index (χ3v) is 4.19. The molecular weight excluding hydrogens is 390 g/mol. The number of phenolic OH excluding ortho intramolecular Hbond substituents is 2. The lowest BCUT2D eigenvalue weighted by Crippen LogP contribution is -2.28. The van der Waals surface area contributed by atoms with Crippen LogP contribution in [0, 0.1) is 0 Å². The summed E-state index contributed by atoms with van der Waals surface area (Å²) in [7, 11) is 3.13. The molecule has 0 aliphatic carbocycles. The van der Waals surface area contributed by atoms with Crippen LogP contribution >= 0.6 is 0 Å². The van der Waals surface area contributed by atoms with Crippen molar-refractivity contribution in [1.82, 2.24) is 10.7 Å². The van der Waals surface area contributed by atoms with Gasteiger partial charge in [-0.3, -0.25) is 9.59 Å². The van der Waals surface area contributed by atoms with Crippen molar-refractivity contribution >= 4 is 17.5 Å². The van der Waals surface area contributed by atoms with E-state index in [0.717, 1.165) is 11.6 Å². The van der Waals surface area contributed by atoms with Gasteiger partial charge in [-0.25, -0.2) is 5.43 Å². The number of hydrogen-bond acceptors (Lipinski definition) is 7. The minimum Gasteiger partial charge on any atom is -0.504 e. The summed E-state index contributed by atoms with van der Waals surface area (Å²) in [5.74, 6) is -0.261. The Bertz CT molecular complexity index is 942. The van der Waals surface area contributed by atoms with E-state index in [1.807, 2.05) is 18.2 Å². The summed E-state index contributed by atoms with van der Waals surface area (Å²) in [5, 5.41) is 25.4. The Labute approximate surface area is 174 Å². The standard InChI is InChI=1S/C21H25N3O6/c1-13(23-24-21(28)15-5-6-16(25)17(26)12-15)10-20(27)22-9-8-14-4-7-18(29-2)19(11-14)30-3/h4-7,11-12,25-26H,8-10H2,1-3H3,(H,22,27)(H,24,28)/b23-13+. The molecule has 0 spiro atoms. The van der Waals surface area contributed by atoms with Gasteiger partial charge in [0.1, 0.15) is 0 Å². The van der Waals surface area contributed by atoms with Crippen LogP contribution < -0.4 is 20.2 Å². The van der Waals surface area contributed by atoms with E-state index in [1.165, 1.54) is 12.1 Å². The topological polar surface area (TPSA) is 129 Å². The maximum absolute atomic E-state index is 12.1. The molecule has 0 aromatic heterocycles. The van der Waals surface area contributed by atoms with E-state index < -0.39 is 11.7 Å².